The van der Waals surface area contributed by atoms with E-state index in [0.29, 0.717) is 31.7 Å². The van der Waals surface area contributed by atoms with Crippen molar-refractivity contribution in [3.8, 4) is 0 Å². The van der Waals surface area contributed by atoms with Crippen LogP contribution in [-0.2, 0) is 14.4 Å². The van der Waals surface area contributed by atoms with Gasteiger partial charge in [-0.05, 0) is 48.9 Å². The van der Waals surface area contributed by atoms with E-state index in [-0.39, 0.29) is 17.5 Å². The van der Waals surface area contributed by atoms with Crippen molar-refractivity contribution in [3.05, 3.63) is 64.8 Å². The molecule has 0 radical (unpaired) electrons. The normalized spacial score (nSPS) is 19.2. The Morgan fingerprint density at radius 2 is 1.94 bits per heavy atom. The number of allylic oxidation sites excluding steroid dienone is 3. The molecule has 0 spiro atoms. The van der Waals surface area contributed by atoms with Crippen LogP contribution in [0.4, 0.5) is 10.1 Å². The second-order valence-corrected chi connectivity index (χ2v) is 7.94. The summed E-state index contributed by atoms with van der Waals surface area (Å²) >= 11 is 0. The fourth-order valence-electron chi connectivity index (χ4n) is 3.98. The largest absolute Gasteiger partial charge is 0.382 e. The average Bonchev–Trinajstić information content (AvgIpc) is 2.77. The van der Waals surface area contributed by atoms with Crippen molar-refractivity contribution in [1.29, 1.82) is 0 Å². The van der Waals surface area contributed by atoms with Crippen molar-refractivity contribution >= 4 is 17.4 Å². The van der Waals surface area contributed by atoms with Gasteiger partial charge in [0.25, 0.3) is 0 Å². The molecule has 0 unspecified atom stereocenters. The van der Waals surface area contributed by atoms with Crippen LogP contribution in [0, 0.1) is 5.82 Å². The standard InChI is InChI=1S/C23H27FN4O3/c1-16-20-14-19(29)6-7-22(20)31-26-21(16)8-9-25-23(30)15-27-10-12-28(13-11-27)18-4-2-17(24)3-5-18/h2-5,7,14,26H,6,8-13,15H2,1H3,(H,25,30). The van der Waals surface area contributed by atoms with Gasteiger partial charge in [-0.15, -0.1) is 0 Å². The number of hydrogen-bond donors (Lipinski definition) is 2. The molecule has 1 aliphatic carbocycles. The number of piperazine rings is 1. The molecule has 0 saturated carbocycles. The maximum Gasteiger partial charge on any atom is 0.234 e. The minimum absolute atomic E-state index is 0.0159. The number of carbonyl (C=O) groups excluding carboxylic acids is 2. The van der Waals surface area contributed by atoms with E-state index in [2.05, 4.69) is 20.6 Å². The van der Waals surface area contributed by atoms with Gasteiger partial charge in [0, 0.05) is 56.8 Å². The highest BCUT2D eigenvalue weighted by atomic mass is 19.1. The number of hydroxylamine groups is 1. The monoisotopic (exact) mass is 426 g/mol. The number of amides is 1. The molecule has 1 amide bonds. The SMILES string of the molecule is CC1=C(CCNC(=O)CN2CCN(c3ccc(F)cc3)CC2)NOC2=CCC(=O)C=C21. The van der Waals surface area contributed by atoms with Crippen molar-refractivity contribution in [3.63, 3.8) is 0 Å². The molecule has 164 valence electrons. The van der Waals surface area contributed by atoms with Crippen LogP contribution in [0.3, 0.4) is 0 Å². The fourth-order valence-corrected chi connectivity index (χ4v) is 3.98. The summed E-state index contributed by atoms with van der Waals surface area (Å²) in [5, 5.41) is 2.96. The maximum atomic E-state index is 13.1. The van der Waals surface area contributed by atoms with Gasteiger partial charge in [-0.3, -0.25) is 14.5 Å². The first-order valence-corrected chi connectivity index (χ1v) is 10.6. The van der Waals surface area contributed by atoms with Crippen molar-refractivity contribution in [1.82, 2.24) is 15.7 Å². The average molecular weight is 426 g/mol. The second-order valence-electron chi connectivity index (χ2n) is 7.94. The zero-order chi connectivity index (χ0) is 21.8. The molecular weight excluding hydrogens is 399 g/mol. The summed E-state index contributed by atoms with van der Waals surface area (Å²) in [5.41, 5.74) is 6.59. The first-order valence-electron chi connectivity index (χ1n) is 10.6. The lowest BCUT2D eigenvalue weighted by molar-refractivity contribution is -0.122. The summed E-state index contributed by atoms with van der Waals surface area (Å²) in [5.74, 6) is 0.499. The van der Waals surface area contributed by atoms with Gasteiger partial charge in [0.05, 0.1) is 12.2 Å². The number of fused-ring (bicyclic) bond motifs is 1. The lowest BCUT2D eigenvalue weighted by atomic mass is 9.95. The lowest BCUT2D eigenvalue weighted by Crippen LogP contribution is -2.49. The molecule has 0 bridgehead atoms. The van der Waals surface area contributed by atoms with E-state index in [1.165, 1.54) is 12.1 Å². The Morgan fingerprint density at radius 3 is 2.68 bits per heavy atom. The molecule has 2 aliphatic heterocycles. The van der Waals surface area contributed by atoms with Crippen LogP contribution in [0.15, 0.2) is 59.0 Å². The number of ketones is 1. The number of hydrogen-bond acceptors (Lipinski definition) is 6. The van der Waals surface area contributed by atoms with E-state index in [1.807, 2.05) is 6.92 Å². The van der Waals surface area contributed by atoms with Gasteiger partial charge in [-0.2, -0.15) is 0 Å². The molecule has 2 heterocycles. The molecule has 0 aromatic heterocycles. The number of benzene rings is 1. The maximum absolute atomic E-state index is 13.1. The Hall–Kier alpha value is -3.13. The van der Waals surface area contributed by atoms with Gasteiger partial charge in [0.2, 0.25) is 5.91 Å². The summed E-state index contributed by atoms with van der Waals surface area (Å²) in [6, 6.07) is 6.52. The highest BCUT2D eigenvalue weighted by molar-refractivity contribution is 5.94. The van der Waals surface area contributed by atoms with Crippen LogP contribution in [0.1, 0.15) is 19.8 Å². The van der Waals surface area contributed by atoms with E-state index >= 15 is 0 Å². The van der Waals surface area contributed by atoms with Gasteiger partial charge in [-0.1, -0.05) is 0 Å². The Kier molecular flexibility index (Phi) is 6.36. The molecule has 2 N–H and O–H groups in total. The predicted octanol–water partition coefficient (Wildman–Crippen LogP) is 2.05. The van der Waals surface area contributed by atoms with Gasteiger partial charge in [-0.25, -0.2) is 9.87 Å². The molecule has 1 fully saturated rings. The quantitative estimate of drug-likeness (QED) is 0.725. The first-order chi connectivity index (χ1) is 15.0. The zero-order valence-corrected chi connectivity index (χ0v) is 17.6. The smallest absolute Gasteiger partial charge is 0.234 e. The van der Waals surface area contributed by atoms with Crippen LogP contribution >= 0.6 is 0 Å². The summed E-state index contributed by atoms with van der Waals surface area (Å²) < 4.78 is 13.1. The summed E-state index contributed by atoms with van der Waals surface area (Å²) in [7, 11) is 0. The molecule has 7 nitrogen and oxygen atoms in total. The van der Waals surface area contributed by atoms with Gasteiger partial charge in [0.15, 0.2) is 11.5 Å². The predicted molar refractivity (Wildman–Crippen MR) is 115 cm³/mol. The third-order valence-electron chi connectivity index (χ3n) is 5.83. The molecule has 3 aliphatic rings. The third kappa shape index (κ3) is 5.14. The van der Waals surface area contributed by atoms with Crippen LogP contribution in [-0.4, -0.2) is 55.9 Å². The van der Waals surface area contributed by atoms with Crippen molar-refractivity contribution in [2.75, 3.05) is 44.2 Å². The van der Waals surface area contributed by atoms with E-state index in [4.69, 9.17) is 4.84 Å². The molecule has 31 heavy (non-hydrogen) atoms. The van der Waals surface area contributed by atoms with Crippen LogP contribution in [0.5, 0.6) is 0 Å². The number of rotatable bonds is 6. The molecule has 1 aromatic rings. The number of carbonyl (C=O) groups is 2. The van der Waals surface area contributed by atoms with Crippen LogP contribution in [0.25, 0.3) is 0 Å². The Morgan fingerprint density at radius 1 is 1.19 bits per heavy atom. The van der Waals surface area contributed by atoms with Gasteiger partial charge >= 0.3 is 0 Å². The summed E-state index contributed by atoms with van der Waals surface area (Å²) in [6.45, 7) is 5.95. The third-order valence-corrected chi connectivity index (χ3v) is 5.83. The fraction of sp³-hybridized carbons (Fsp3) is 0.391. The second kappa shape index (κ2) is 9.34. The summed E-state index contributed by atoms with van der Waals surface area (Å²) in [4.78, 5) is 33.9. The summed E-state index contributed by atoms with van der Waals surface area (Å²) in [6.07, 6.45) is 4.35. The van der Waals surface area contributed by atoms with E-state index < -0.39 is 0 Å². The highest BCUT2D eigenvalue weighted by Gasteiger charge is 2.24. The van der Waals surface area contributed by atoms with E-state index in [9.17, 15) is 14.0 Å². The van der Waals surface area contributed by atoms with Crippen LogP contribution < -0.4 is 15.7 Å². The number of nitrogens with one attached hydrogen (secondary N) is 2. The molecule has 8 heteroatoms. The molecule has 1 saturated heterocycles. The molecule has 1 aromatic carbocycles. The zero-order valence-electron chi connectivity index (χ0n) is 17.6. The molecular formula is C23H27FN4O3. The van der Waals surface area contributed by atoms with Crippen molar-refractivity contribution in [2.24, 2.45) is 0 Å². The van der Waals surface area contributed by atoms with Crippen molar-refractivity contribution in [2.45, 2.75) is 19.8 Å². The minimum atomic E-state index is -0.235. The Bertz CT molecular complexity index is 944. The number of halogens is 1. The van der Waals surface area contributed by atoms with E-state index in [1.54, 1.807) is 24.3 Å². The number of anilines is 1. The molecule has 4 rings (SSSR count). The number of nitrogens with zero attached hydrogens (tertiary/aromatic N) is 2. The highest BCUT2D eigenvalue weighted by Crippen LogP contribution is 2.30. The lowest BCUT2D eigenvalue weighted by Gasteiger charge is -2.35. The first kappa shape index (κ1) is 21.1. The van der Waals surface area contributed by atoms with Gasteiger partial charge in [0.1, 0.15) is 5.82 Å². The van der Waals surface area contributed by atoms with Crippen molar-refractivity contribution < 1.29 is 18.8 Å². The van der Waals surface area contributed by atoms with E-state index in [0.717, 1.165) is 48.7 Å². The van der Waals surface area contributed by atoms with Gasteiger partial charge < -0.3 is 15.1 Å². The minimum Gasteiger partial charge on any atom is -0.382 e. The Balaban J connectivity index is 1.21. The topological polar surface area (TPSA) is 73.9 Å². The Labute approximate surface area is 181 Å². The molecule has 0 atom stereocenters. The van der Waals surface area contributed by atoms with Crippen LogP contribution in [0.2, 0.25) is 0 Å².